The van der Waals surface area contributed by atoms with Crippen molar-refractivity contribution in [3.8, 4) is 11.5 Å². The molecule has 0 heterocycles. The molecule has 0 aliphatic rings. The maximum Gasteiger partial charge on any atom is 0.332 e. The summed E-state index contributed by atoms with van der Waals surface area (Å²) in [5.74, 6) is 0.909. The van der Waals surface area contributed by atoms with E-state index in [0.717, 1.165) is 5.56 Å². The number of rotatable bonds is 6. The third kappa shape index (κ3) is 4.89. The minimum absolute atomic E-state index is 0.369. The number of hydrazone groups is 1. The van der Waals surface area contributed by atoms with Crippen LogP contribution in [-0.4, -0.2) is 19.4 Å². The number of nitrogens with two attached hydrogens (primary N) is 1. The van der Waals surface area contributed by atoms with E-state index >= 15 is 0 Å². The van der Waals surface area contributed by atoms with E-state index in [0.29, 0.717) is 28.7 Å². The Morgan fingerprint density at radius 2 is 2.09 bits per heavy atom. The summed E-state index contributed by atoms with van der Waals surface area (Å²) in [6, 6.07) is 12.3. The van der Waals surface area contributed by atoms with E-state index in [1.165, 1.54) is 13.3 Å². The summed E-state index contributed by atoms with van der Waals surface area (Å²) in [6.07, 6.45) is 1.40. The first-order chi connectivity index (χ1) is 11.1. The minimum Gasteiger partial charge on any atom is -0.493 e. The Labute approximate surface area is 138 Å². The third-order valence-corrected chi connectivity index (χ3v) is 3.15. The molecule has 0 unspecified atom stereocenters. The number of carbonyl (C=O) groups excluding carboxylic acids is 1. The number of halogens is 1. The number of methoxy groups -OCH3 is 1. The lowest BCUT2D eigenvalue weighted by molar-refractivity contribution is 0.249. The second-order valence-corrected chi connectivity index (χ2v) is 4.95. The van der Waals surface area contributed by atoms with Crippen molar-refractivity contribution < 1.29 is 14.3 Å². The van der Waals surface area contributed by atoms with E-state index in [4.69, 9.17) is 26.8 Å². The number of hydrogen-bond donors (Lipinski definition) is 2. The Balaban J connectivity index is 2.16. The first kappa shape index (κ1) is 16.6. The highest BCUT2D eigenvalue weighted by Gasteiger charge is 2.11. The van der Waals surface area contributed by atoms with Crippen LogP contribution in [0.4, 0.5) is 4.79 Å². The predicted molar refractivity (Wildman–Crippen MR) is 89.1 cm³/mol. The molecule has 0 radical (unpaired) electrons. The summed E-state index contributed by atoms with van der Waals surface area (Å²) in [5.41, 5.74) is 8.68. The average molecular weight is 334 g/mol. The van der Waals surface area contributed by atoms with Crippen molar-refractivity contribution in [3.05, 3.63) is 58.6 Å². The van der Waals surface area contributed by atoms with E-state index in [1.54, 1.807) is 12.1 Å². The summed E-state index contributed by atoms with van der Waals surface area (Å²) >= 11 is 6.24. The minimum atomic E-state index is -0.748. The van der Waals surface area contributed by atoms with Gasteiger partial charge in [-0.05, 0) is 23.3 Å². The molecular weight excluding hydrogens is 318 g/mol. The van der Waals surface area contributed by atoms with Gasteiger partial charge in [0.05, 0.1) is 18.3 Å². The summed E-state index contributed by atoms with van der Waals surface area (Å²) in [6.45, 7) is 0.369. The lowest BCUT2D eigenvalue weighted by Gasteiger charge is -2.13. The van der Waals surface area contributed by atoms with Crippen LogP contribution < -0.4 is 20.6 Å². The van der Waals surface area contributed by atoms with Gasteiger partial charge in [-0.25, -0.2) is 10.2 Å². The summed E-state index contributed by atoms with van der Waals surface area (Å²) in [4.78, 5) is 10.6. The molecule has 0 saturated heterocycles. The van der Waals surface area contributed by atoms with Gasteiger partial charge < -0.3 is 15.2 Å². The second kappa shape index (κ2) is 8.05. The number of hydrogen-bond acceptors (Lipinski definition) is 4. The highest BCUT2D eigenvalue weighted by Crippen LogP contribution is 2.36. The topological polar surface area (TPSA) is 85.9 Å². The van der Waals surface area contributed by atoms with Crippen molar-refractivity contribution in [2.45, 2.75) is 6.61 Å². The Morgan fingerprint density at radius 3 is 2.74 bits per heavy atom. The van der Waals surface area contributed by atoms with Crippen LogP contribution >= 0.6 is 11.6 Å². The number of nitrogens with zero attached hydrogens (tertiary/aromatic N) is 1. The Hall–Kier alpha value is -2.73. The molecule has 0 aliphatic heterocycles. The fourth-order valence-electron chi connectivity index (χ4n) is 1.85. The molecule has 2 aromatic carbocycles. The molecule has 0 bridgehead atoms. The fraction of sp³-hybridized carbons (Fsp3) is 0.125. The number of primary amides is 1. The summed E-state index contributed by atoms with van der Waals surface area (Å²) in [7, 11) is 1.52. The first-order valence-electron chi connectivity index (χ1n) is 6.73. The van der Waals surface area contributed by atoms with Crippen LogP contribution in [0, 0.1) is 0 Å². The van der Waals surface area contributed by atoms with E-state index in [2.05, 4.69) is 10.5 Å². The molecule has 2 aromatic rings. The van der Waals surface area contributed by atoms with E-state index in [9.17, 15) is 4.79 Å². The van der Waals surface area contributed by atoms with Gasteiger partial charge in [-0.3, -0.25) is 0 Å². The Kier molecular flexibility index (Phi) is 5.82. The predicted octanol–water partition coefficient (Wildman–Crippen LogP) is 2.93. The van der Waals surface area contributed by atoms with Gasteiger partial charge in [-0.15, -0.1) is 0 Å². The molecule has 0 aromatic heterocycles. The molecule has 2 amide bonds. The van der Waals surface area contributed by atoms with Crippen molar-refractivity contribution in [2.75, 3.05) is 7.11 Å². The maximum absolute atomic E-state index is 10.6. The molecule has 0 saturated carbocycles. The van der Waals surface area contributed by atoms with Gasteiger partial charge in [-0.2, -0.15) is 5.10 Å². The van der Waals surface area contributed by atoms with Gasteiger partial charge in [0.2, 0.25) is 0 Å². The van der Waals surface area contributed by atoms with Gasteiger partial charge in [0, 0.05) is 0 Å². The normalized spacial score (nSPS) is 10.5. The number of benzene rings is 2. The molecule has 6 nitrogen and oxygen atoms in total. The third-order valence-electron chi connectivity index (χ3n) is 2.87. The molecule has 0 spiro atoms. The van der Waals surface area contributed by atoms with Gasteiger partial charge in [0.25, 0.3) is 0 Å². The van der Waals surface area contributed by atoms with Crippen LogP contribution in [0.25, 0.3) is 0 Å². The molecule has 0 fully saturated rings. The SMILES string of the molecule is COc1cc(C=NNC(N)=O)cc(Cl)c1OCc1ccccc1. The van der Waals surface area contributed by atoms with Crippen LogP contribution in [0.2, 0.25) is 5.02 Å². The van der Waals surface area contributed by atoms with Crippen LogP contribution in [-0.2, 0) is 6.61 Å². The number of urea groups is 1. The first-order valence-corrected chi connectivity index (χ1v) is 7.10. The summed E-state index contributed by atoms with van der Waals surface area (Å²) in [5, 5.41) is 4.05. The Morgan fingerprint density at radius 1 is 1.35 bits per heavy atom. The van der Waals surface area contributed by atoms with Crippen LogP contribution in [0.1, 0.15) is 11.1 Å². The quantitative estimate of drug-likeness (QED) is 0.629. The number of ether oxygens (including phenoxy) is 2. The lowest BCUT2D eigenvalue weighted by atomic mass is 10.2. The number of carbonyl (C=O) groups is 1. The van der Waals surface area contributed by atoms with Gasteiger partial charge >= 0.3 is 6.03 Å². The van der Waals surface area contributed by atoms with Gasteiger partial charge in [0.1, 0.15) is 6.61 Å². The molecule has 7 heteroatoms. The number of amides is 2. The highest BCUT2D eigenvalue weighted by atomic mass is 35.5. The van der Waals surface area contributed by atoms with Crippen LogP contribution in [0.5, 0.6) is 11.5 Å². The zero-order valence-electron chi connectivity index (χ0n) is 12.5. The molecule has 0 atom stereocenters. The highest BCUT2D eigenvalue weighted by molar-refractivity contribution is 6.32. The van der Waals surface area contributed by atoms with Crippen LogP contribution in [0.15, 0.2) is 47.6 Å². The zero-order chi connectivity index (χ0) is 16.7. The fourth-order valence-corrected chi connectivity index (χ4v) is 2.13. The van der Waals surface area contributed by atoms with E-state index < -0.39 is 6.03 Å². The smallest absolute Gasteiger partial charge is 0.332 e. The van der Waals surface area contributed by atoms with E-state index in [1.807, 2.05) is 30.3 Å². The second-order valence-electron chi connectivity index (χ2n) is 4.54. The zero-order valence-corrected chi connectivity index (χ0v) is 13.2. The van der Waals surface area contributed by atoms with Crippen molar-refractivity contribution in [2.24, 2.45) is 10.8 Å². The Bertz CT molecular complexity index is 705. The monoisotopic (exact) mass is 333 g/mol. The number of nitrogens with one attached hydrogen (secondary N) is 1. The standard InChI is InChI=1S/C16H16ClN3O3/c1-22-14-8-12(9-19-20-16(18)21)7-13(17)15(14)23-10-11-5-3-2-4-6-11/h2-9H,10H2,1H3,(H3,18,20,21). The van der Waals surface area contributed by atoms with Gasteiger partial charge in [0.15, 0.2) is 11.5 Å². The van der Waals surface area contributed by atoms with Crippen molar-refractivity contribution >= 4 is 23.8 Å². The molecule has 23 heavy (non-hydrogen) atoms. The molecule has 2 rings (SSSR count). The lowest BCUT2D eigenvalue weighted by Crippen LogP contribution is -2.24. The largest absolute Gasteiger partial charge is 0.493 e. The van der Waals surface area contributed by atoms with E-state index in [-0.39, 0.29) is 0 Å². The molecule has 0 aliphatic carbocycles. The summed E-state index contributed by atoms with van der Waals surface area (Å²) < 4.78 is 11.1. The van der Waals surface area contributed by atoms with Crippen molar-refractivity contribution in [1.29, 1.82) is 0 Å². The van der Waals surface area contributed by atoms with Crippen LogP contribution in [0.3, 0.4) is 0 Å². The maximum atomic E-state index is 10.6. The molecule has 120 valence electrons. The molecular formula is C16H16ClN3O3. The average Bonchev–Trinajstić information content (AvgIpc) is 2.54. The van der Waals surface area contributed by atoms with Gasteiger partial charge in [-0.1, -0.05) is 41.9 Å². The van der Waals surface area contributed by atoms with Crippen molar-refractivity contribution in [3.63, 3.8) is 0 Å². The molecule has 3 N–H and O–H groups in total. The van der Waals surface area contributed by atoms with Crippen molar-refractivity contribution in [1.82, 2.24) is 5.43 Å².